The van der Waals surface area contributed by atoms with Gasteiger partial charge in [-0.2, -0.15) is 5.10 Å². The van der Waals surface area contributed by atoms with Crippen molar-refractivity contribution in [1.82, 2.24) is 20.2 Å². The predicted molar refractivity (Wildman–Crippen MR) is 37.5 cm³/mol. The summed E-state index contributed by atoms with van der Waals surface area (Å²) in [6.45, 7) is 0. The second-order valence-corrected chi connectivity index (χ2v) is 2.43. The van der Waals surface area contributed by atoms with Crippen LogP contribution in [0, 0.1) is 0 Å². The highest BCUT2D eigenvalue weighted by Crippen LogP contribution is 2.11. The fourth-order valence-corrected chi connectivity index (χ4v) is 1.20. The van der Waals surface area contributed by atoms with Gasteiger partial charge in [0.1, 0.15) is 12.0 Å². The molecule has 0 radical (unpaired) electrons. The number of nitrogens with one attached hydrogen (secondary N) is 1. The molecule has 0 aromatic carbocycles. The van der Waals surface area contributed by atoms with E-state index in [0.29, 0.717) is 0 Å². The monoisotopic (exact) mass is 152 g/mol. The number of rotatable bonds is 1. The van der Waals surface area contributed by atoms with E-state index in [1.165, 1.54) is 17.7 Å². The lowest BCUT2D eigenvalue weighted by Gasteiger charge is -1.82. The molecule has 4 nitrogen and oxygen atoms in total. The Hall–Kier alpha value is -1.23. The molecule has 0 spiro atoms. The third-order valence-electron chi connectivity index (χ3n) is 1.09. The molecule has 2 rings (SSSR count). The number of H-pyrrole nitrogens is 1. The molecule has 0 aliphatic carbocycles. The van der Waals surface area contributed by atoms with Crippen LogP contribution < -0.4 is 0 Å². The van der Waals surface area contributed by atoms with Crippen LogP contribution in [0.1, 0.15) is 0 Å². The van der Waals surface area contributed by atoms with Crippen LogP contribution >= 0.6 is 11.3 Å². The van der Waals surface area contributed by atoms with Crippen molar-refractivity contribution < 1.29 is 0 Å². The third-order valence-corrected chi connectivity index (χ3v) is 1.68. The summed E-state index contributed by atoms with van der Waals surface area (Å²) in [5, 5.41) is 8.35. The van der Waals surface area contributed by atoms with Crippen molar-refractivity contribution in [3.05, 3.63) is 17.2 Å². The van der Waals surface area contributed by atoms with Crippen LogP contribution in [0.5, 0.6) is 0 Å². The van der Waals surface area contributed by atoms with E-state index < -0.39 is 0 Å². The molecule has 2 heterocycles. The highest BCUT2D eigenvalue weighted by atomic mass is 32.1. The van der Waals surface area contributed by atoms with Gasteiger partial charge in [0, 0.05) is 5.38 Å². The van der Waals surface area contributed by atoms with Gasteiger partial charge in [0.25, 0.3) is 0 Å². The summed E-state index contributed by atoms with van der Waals surface area (Å²) in [6, 6.07) is 0. The molecule has 5 heteroatoms. The van der Waals surface area contributed by atoms with E-state index >= 15 is 0 Å². The normalized spacial score (nSPS) is 10.0. The predicted octanol–water partition coefficient (Wildman–Crippen LogP) is 0.928. The van der Waals surface area contributed by atoms with Crippen molar-refractivity contribution >= 4 is 11.3 Å². The molecule has 50 valence electrons. The minimum Gasteiger partial charge on any atom is -0.258 e. The lowest BCUT2D eigenvalue weighted by Crippen LogP contribution is -1.78. The Balaban J connectivity index is 2.48. The minimum atomic E-state index is 0.723. The van der Waals surface area contributed by atoms with Crippen LogP contribution in [-0.4, -0.2) is 20.2 Å². The van der Waals surface area contributed by atoms with Crippen molar-refractivity contribution in [2.24, 2.45) is 0 Å². The van der Waals surface area contributed by atoms with Crippen molar-refractivity contribution in [1.29, 1.82) is 0 Å². The molecule has 0 saturated heterocycles. The Bertz CT molecular complexity index is 253. The van der Waals surface area contributed by atoms with Crippen LogP contribution in [0.2, 0.25) is 0 Å². The molecule has 2 aromatic heterocycles. The summed E-state index contributed by atoms with van der Waals surface area (Å²) in [4.78, 5) is 7.98. The van der Waals surface area contributed by atoms with Gasteiger partial charge < -0.3 is 0 Å². The molecule has 2 aromatic rings. The number of thiazole rings is 1. The number of nitrogens with zero attached hydrogens (tertiary/aromatic N) is 3. The lowest BCUT2D eigenvalue weighted by atomic mass is 10.5. The van der Waals surface area contributed by atoms with E-state index in [4.69, 9.17) is 0 Å². The zero-order valence-electron chi connectivity index (χ0n) is 4.98. The van der Waals surface area contributed by atoms with Crippen LogP contribution in [0.3, 0.4) is 0 Å². The molecule has 0 saturated carbocycles. The Morgan fingerprint density at radius 2 is 2.40 bits per heavy atom. The molecule has 0 aliphatic rings. The van der Waals surface area contributed by atoms with Crippen molar-refractivity contribution in [2.45, 2.75) is 0 Å². The minimum absolute atomic E-state index is 0.723. The third kappa shape index (κ3) is 0.801. The summed E-state index contributed by atoms with van der Waals surface area (Å²) in [7, 11) is 0. The topological polar surface area (TPSA) is 54.5 Å². The van der Waals surface area contributed by atoms with Gasteiger partial charge in [-0.3, -0.25) is 5.10 Å². The first-order valence-electron chi connectivity index (χ1n) is 2.71. The molecule has 0 atom stereocenters. The van der Waals surface area contributed by atoms with Gasteiger partial charge in [-0.05, 0) is 0 Å². The van der Waals surface area contributed by atoms with Gasteiger partial charge in [-0.15, -0.1) is 11.3 Å². The number of hydrogen-bond acceptors (Lipinski definition) is 4. The first-order chi connectivity index (χ1) is 4.97. The average molecular weight is 152 g/mol. The smallest absolute Gasteiger partial charge is 0.174 e. The van der Waals surface area contributed by atoms with E-state index in [1.54, 1.807) is 5.51 Å². The van der Waals surface area contributed by atoms with Gasteiger partial charge >= 0.3 is 0 Å². The van der Waals surface area contributed by atoms with Crippen LogP contribution in [0.25, 0.3) is 11.5 Å². The second-order valence-electron chi connectivity index (χ2n) is 1.71. The van der Waals surface area contributed by atoms with E-state index in [0.717, 1.165) is 11.5 Å². The molecule has 1 N–H and O–H groups in total. The van der Waals surface area contributed by atoms with E-state index in [2.05, 4.69) is 20.2 Å². The zero-order valence-corrected chi connectivity index (χ0v) is 5.80. The van der Waals surface area contributed by atoms with Crippen LogP contribution in [0.15, 0.2) is 17.2 Å². The van der Waals surface area contributed by atoms with Gasteiger partial charge in [0.05, 0.1) is 5.51 Å². The van der Waals surface area contributed by atoms with E-state index in [1.807, 2.05) is 5.38 Å². The summed E-state index contributed by atoms with van der Waals surface area (Å²) in [5.41, 5.74) is 2.61. The highest BCUT2D eigenvalue weighted by molar-refractivity contribution is 7.07. The first-order valence-corrected chi connectivity index (χ1v) is 3.65. The van der Waals surface area contributed by atoms with Gasteiger partial charge in [-0.1, -0.05) is 0 Å². The van der Waals surface area contributed by atoms with E-state index in [9.17, 15) is 0 Å². The lowest BCUT2D eigenvalue weighted by molar-refractivity contribution is 1.09. The van der Waals surface area contributed by atoms with Gasteiger partial charge in [0.15, 0.2) is 5.82 Å². The standard InChI is InChI=1S/C5H4N4S/c1-4(7-3-10-1)5-6-2-8-9-5/h1-3H,(H,6,8,9). The molecular weight excluding hydrogens is 148 g/mol. The number of hydrogen-bond donors (Lipinski definition) is 1. The Labute approximate surface area is 61.0 Å². The van der Waals surface area contributed by atoms with Crippen LogP contribution in [0.4, 0.5) is 0 Å². The molecule has 0 fully saturated rings. The SMILES string of the molecule is c1n[nH]c(-c2cscn2)n1. The molecular formula is C5H4N4S. The highest BCUT2D eigenvalue weighted by Gasteiger charge is 1.99. The molecule has 0 aliphatic heterocycles. The molecule has 0 unspecified atom stereocenters. The largest absolute Gasteiger partial charge is 0.258 e. The number of aromatic nitrogens is 4. The van der Waals surface area contributed by atoms with Gasteiger partial charge in [-0.25, -0.2) is 9.97 Å². The maximum absolute atomic E-state index is 4.04. The fraction of sp³-hybridized carbons (Fsp3) is 0. The zero-order chi connectivity index (χ0) is 6.81. The summed E-state index contributed by atoms with van der Waals surface area (Å²) < 4.78 is 0. The maximum atomic E-state index is 4.04. The molecule has 0 amide bonds. The summed E-state index contributed by atoms with van der Waals surface area (Å²) >= 11 is 1.54. The Morgan fingerprint density at radius 3 is 3.00 bits per heavy atom. The second kappa shape index (κ2) is 2.18. The summed E-state index contributed by atoms with van der Waals surface area (Å²) in [6.07, 6.45) is 1.47. The first kappa shape index (κ1) is 5.55. The van der Waals surface area contributed by atoms with E-state index in [-0.39, 0.29) is 0 Å². The molecule has 0 bridgehead atoms. The van der Waals surface area contributed by atoms with Crippen molar-refractivity contribution in [2.75, 3.05) is 0 Å². The average Bonchev–Trinajstić information content (AvgIpc) is 2.59. The van der Waals surface area contributed by atoms with Crippen LogP contribution in [-0.2, 0) is 0 Å². The molecule has 10 heavy (non-hydrogen) atoms. The van der Waals surface area contributed by atoms with Crippen molar-refractivity contribution in [3.63, 3.8) is 0 Å². The van der Waals surface area contributed by atoms with Gasteiger partial charge in [0.2, 0.25) is 0 Å². The Kier molecular flexibility index (Phi) is 1.21. The van der Waals surface area contributed by atoms with Crippen molar-refractivity contribution in [3.8, 4) is 11.5 Å². The Morgan fingerprint density at radius 1 is 1.40 bits per heavy atom. The quantitative estimate of drug-likeness (QED) is 0.661. The summed E-state index contributed by atoms with van der Waals surface area (Å²) in [5.74, 6) is 0.723. The fourth-order valence-electron chi connectivity index (χ4n) is 0.658. The maximum Gasteiger partial charge on any atom is 0.174 e. The number of aromatic amines is 1.